The number of aliphatic hydroxyl groups excluding tert-OH is 1. The number of carbonyl (C=O) groups excluding carboxylic acids is 1. The molecule has 0 saturated carbocycles. The van der Waals surface area contributed by atoms with Crippen LogP contribution in [0, 0.1) is 5.41 Å². The van der Waals surface area contributed by atoms with Gasteiger partial charge in [0.1, 0.15) is 0 Å². The van der Waals surface area contributed by atoms with Gasteiger partial charge in [-0.25, -0.2) is 0 Å². The molecule has 0 spiro atoms. The zero-order valence-electron chi connectivity index (χ0n) is 11.3. The van der Waals surface area contributed by atoms with Crippen LogP contribution in [0.2, 0.25) is 0 Å². The van der Waals surface area contributed by atoms with Crippen molar-refractivity contribution in [1.29, 1.82) is 0 Å². The van der Waals surface area contributed by atoms with E-state index < -0.39 is 0 Å². The third kappa shape index (κ3) is 6.64. The lowest BCUT2D eigenvalue weighted by Gasteiger charge is -2.24. The average Bonchev–Trinajstić information content (AvgIpc) is 2.37. The van der Waals surface area contributed by atoms with E-state index in [1.807, 2.05) is 0 Å². The van der Waals surface area contributed by atoms with E-state index >= 15 is 0 Å². The summed E-state index contributed by atoms with van der Waals surface area (Å²) in [5.74, 6) is 0.116. The summed E-state index contributed by atoms with van der Waals surface area (Å²) in [5.41, 5.74) is 0.141. The van der Waals surface area contributed by atoms with Crippen molar-refractivity contribution in [3.8, 4) is 0 Å². The Kier molecular flexibility index (Phi) is 5.40. The first kappa shape index (κ1) is 14.5. The van der Waals surface area contributed by atoms with Crippen LogP contribution in [0.4, 0.5) is 0 Å². The summed E-state index contributed by atoms with van der Waals surface area (Å²) in [7, 11) is 0. The van der Waals surface area contributed by atoms with Crippen molar-refractivity contribution in [2.75, 3.05) is 13.1 Å². The molecule has 17 heavy (non-hydrogen) atoms. The van der Waals surface area contributed by atoms with Gasteiger partial charge in [0.05, 0.1) is 6.10 Å². The first-order chi connectivity index (χ1) is 7.87. The number of hydrogen-bond acceptors (Lipinski definition) is 3. The molecule has 1 aliphatic heterocycles. The van der Waals surface area contributed by atoms with E-state index in [4.69, 9.17) is 0 Å². The molecular weight excluding hydrogens is 216 g/mol. The average molecular weight is 242 g/mol. The molecule has 3 N–H and O–H groups in total. The summed E-state index contributed by atoms with van der Waals surface area (Å²) in [4.78, 5) is 11.4. The normalized spacial score (nSPS) is 24.0. The standard InChI is InChI=1S/C13H26N2O2/c1-13(2,3)8-11(16)9-15-10-5-4-6-14-12(17)7-10/h10-11,15-16H,4-9H2,1-3H3,(H,14,17). The molecule has 0 radical (unpaired) electrons. The van der Waals surface area contributed by atoms with Gasteiger partial charge < -0.3 is 15.7 Å². The second-order valence-electron chi connectivity index (χ2n) is 6.22. The lowest BCUT2D eigenvalue weighted by atomic mass is 9.89. The maximum Gasteiger partial charge on any atom is 0.221 e. The van der Waals surface area contributed by atoms with Crippen LogP contribution in [-0.2, 0) is 4.79 Å². The van der Waals surface area contributed by atoms with E-state index in [2.05, 4.69) is 31.4 Å². The van der Waals surface area contributed by atoms with Gasteiger partial charge in [0.15, 0.2) is 0 Å². The van der Waals surface area contributed by atoms with Crippen molar-refractivity contribution in [1.82, 2.24) is 10.6 Å². The fourth-order valence-electron chi connectivity index (χ4n) is 2.23. The van der Waals surface area contributed by atoms with Gasteiger partial charge >= 0.3 is 0 Å². The summed E-state index contributed by atoms with van der Waals surface area (Å²) in [6.45, 7) is 7.72. The number of hydrogen-bond donors (Lipinski definition) is 3. The highest BCUT2D eigenvalue weighted by molar-refractivity contribution is 5.76. The Bertz CT molecular complexity index is 248. The molecule has 2 atom stereocenters. The Morgan fingerprint density at radius 2 is 2.24 bits per heavy atom. The second-order valence-corrected chi connectivity index (χ2v) is 6.22. The maximum absolute atomic E-state index is 11.4. The molecule has 0 aromatic rings. The molecule has 1 saturated heterocycles. The number of amides is 1. The van der Waals surface area contributed by atoms with Gasteiger partial charge in [-0.1, -0.05) is 20.8 Å². The number of rotatable bonds is 4. The van der Waals surface area contributed by atoms with Crippen molar-refractivity contribution >= 4 is 5.91 Å². The fraction of sp³-hybridized carbons (Fsp3) is 0.923. The van der Waals surface area contributed by atoms with Crippen molar-refractivity contribution in [3.63, 3.8) is 0 Å². The van der Waals surface area contributed by atoms with Gasteiger partial charge in [0, 0.05) is 25.6 Å². The minimum absolute atomic E-state index is 0.116. The molecule has 1 rings (SSSR count). The Balaban J connectivity index is 2.26. The van der Waals surface area contributed by atoms with Crippen molar-refractivity contribution in [3.05, 3.63) is 0 Å². The molecule has 0 aromatic carbocycles. The Hall–Kier alpha value is -0.610. The lowest BCUT2D eigenvalue weighted by molar-refractivity contribution is -0.121. The fourth-order valence-corrected chi connectivity index (χ4v) is 2.23. The van der Waals surface area contributed by atoms with Gasteiger partial charge in [-0.15, -0.1) is 0 Å². The Labute approximate surface area is 104 Å². The lowest BCUT2D eigenvalue weighted by Crippen LogP contribution is -2.38. The topological polar surface area (TPSA) is 61.4 Å². The molecule has 1 aliphatic rings. The first-order valence-electron chi connectivity index (χ1n) is 6.55. The predicted molar refractivity (Wildman–Crippen MR) is 68.7 cm³/mol. The van der Waals surface area contributed by atoms with E-state index in [-0.39, 0.29) is 23.5 Å². The highest BCUT2D eigenvalue weighted by Gasteiger charge is 2.20. The Morgan fingerprint density at radius 1 is 1.53 bits per heavy atom. The molecule has 0 aliphatic carbocycles. The molecule has 1 amide bonds. The molecule has 1 heterocycles. The van der Waals surface area contributed by atoms with Gasteiger partial charge in [0.2, 0.25) is 5.91 Å². The molecule has 4 heteroatoms. The third-order valence-electron chi connectivity index (χ3n) is 2.97. The smallest absolute Gasteiger partial charge is 0.221 e. The molecule has 0 bridgehead atoms. The molecule has 100 valence electrons. The predicted octanol–water partition coefficient (Wildman–Crippen LogP) is 1.04. The summed E-state index contributed by atoms with van der Waals surface area (Å²) in [6, 6.07) is 0.215. The number of carbonyl (C=O) groups is 1. The maximum atomic E-state index is 11.4. The number of aliphatic hydroxyl groups is 1. The van der Waals surface area contributed by atoms with E-state index in [1.54, 1.807) is 0 Å². The monoisotopic (exact) mass is 242 g/mol. The summed E-state index contributed by atoms with van der Waals surface area (Å²) in [5, 5.41) is 16.1. The van der Waals surface area contributed by atoms with Crippen LogP contribution in [0.5, 0.6) is 0 Å². The minimum Gasteiger partial charge on any atom is -0.392 e. The van der Waals surface area contributed by atoms with Crippen LogP contribution in [0.25, 0.3) is 0 Å². The van der Waals surface area contributed by atoms with Crippen LogP contribution in [0.3, 0.4) is 0 Å². The zero-order valence-corrected chi connectivity index (χ0v) is 11.3. The van der Waals surface area contributed by atoms with E-state index in [9.17, 15) is 9.90 Å². The van der Waals surface area contributed by atoms with Gasteiger partial charge in [-0.05, 0) is 24.7 Å². The van der Waals surface area contributed by atoms with Crippen LogP contribution in [0.1, 0.15) is 46.5 Å². The summed E-state index contributed by atoms with van der Waals surface area (Å²) in [6.07, 6.45) is 2.99. The van der Waals surface area contributed by atoms with Gasteiger partial charge in [0.25, 0.3) is 0 Å². The Morgan fingerprint density at radius 3 is 2.88 bits per heavy atom. The third-order valence-corrected chi connectivity index (χ3v) is 2.97. The molecule has 2 unspecified atom stereocenters. The van der Waals surface area contributed by atoms with E-state index in [0.717, 1.165) is 25.8 Å². The van der Waals surface area contributed by atoms with Crippen molar-refractivity contribution in [2.24, 2.45) is 5.41 Å². The SMILES string of the molecule is CC(C)(C)CC(O)CNC1CCCNC(=O)C1. The molecule has 0 aromatic heterocycles. The van der Waals surface area contributed by atoms with Crippen LogP contribution < -0.4 is 10.6 Å². The minimum atomic E-state index is -0.332. The number of nitrogens with one attached hydrogen (secondary N) is 2. The van der Waals surface area contributed by atoms with Crippen molar-refractivity contribution in [2.45, 2.75) is 58.6 Å². The van der Waals surface area contributed by atoms with Gasteiger partial charge in [-0.3, -0.25) is 4.79 Å². The van der Waals surface area contributed by atoms with E-state index in [1.165, 1.54) is 0 Å². The molecule has 4 nitrogen and oxygen atoms in total. The first-order valence-corrected chi connectivity index (χ1v) is 6.55. The van der Waals surface area contributed by atoms with Crippen LogP contribution >= 0.6 is 0 Å². The second kappa shape index (κ2) is 6.36. The largest absolute Gasteiger partial charge is 0.392 e. The molecular formula is C13H26N2O2. The van der Waals surface area contributed by atoms with Crippen LogP contribution in [0.15, 0.2) is 0 Å². The van der Waals surface area contributed by atoms with Crippen molar-refractivity contribution < 1.29 is 9.90 Å². The summed E-state index contributed by atoms with van der Waals surface area (Å²) >= 11 is 0. The van der Waals surface area contributed by atoms with Gasteiger partial charge in [-0.2, -0.15) is 0 Å². The van der Waals surface area contributed by atoms with E-state index in [0.29, 0.717) is 13.0 Å². The van der Waals surface area contributed by atoms with Crippen LogP contribution in [-0.4, -0.2) is 36.2 Å². The summed E-state index contributed by atoms with van der Waals surface area (Å²) < 4.78 is 0. The highest BCUT2D eigenvalue weighted by Crippen LogP contribution is 2.20. The highest BCUT2D eigenvalue weighted by atomic mass is 16.3. The quantitative estimate of drug-likeness (QED) is 0.690. The zero-order chi connectivity index (χ0) is 12.9. The molecule has 1 fully saturated rings.